The minimum atomic E-state index is -0.989. The van der Waals surface area contributed by atoms with Gasteiger partial charge >= 0.3 is 5.97 Å². The van der Waals surface area contributed by atoms with Crippen LogP contribution in [0.2, 0.25) is 0 Å². The van der Waals surface area contributed by atoms with Crippen LogP contribution in [-0.2, 0) is 9.59 Å². The highest BCUT2D eigenvalue weighted by atomic mass is 16.4. The van der Waals surface area contributed by atoms with Crippen LogP contribution < -0.4 is 5.32 Å². The Morgan fingerprint density at radius 1 is 0.958 bits per heavy atom. The second-order valence-corrected chi connectivity index (χ2v) is 5.80. The largest absolute Gasteiger partial charge is 0.480 e. The average Bonchev–Trinajstić information content (AvgIpc) is 2.60. The van der Waals surface area contributed by atoms with Crippen LogP contribution >= 0.6 is 0 Å². The van der Waals surface area contributed by atoms with Gasteiger partial charge in [0.05, 0.1) is 5.92 Å². The molecule has 0 saturated carbocycles. The Balaban J connectivity index is 2.26. The molecule has 2 rings (SSSR count). The Bertz CT molecular complexity index is 616. The third-order valence-electron chi connectivity index (χ3n) is 3.99. The van der Waals surface area contributed by atoms with Crippen molar-refractivity contribution in [2.75, 3.05) is 0 Å². The summed E-state index contributed by atoms with van der Waals surface area (Å²) < 4.78 is 0. The van der Waals surface area contributed by atoms with Crippen molar-refractivity contribution in [1.82, 2.24) is 5.32 Å². The van der Waals surface area contributed by atoms with E-state index in [-0.39, 0.29) is 5.91 Å². The fraction of sp³-hybridized carbons (Fsp3) is 0.300. The minimum Gasteiger partial charge on any atom is -0.480 e. The lowest BCUT2D eigenvalue weighted by atomic mass is 9.90. The molecule has 0 aliphatic heterocycles. The molecule has 2 aromatic rings. The predicted molar refractivity (Wildman–Crippen MR) is 93.8 cm³/mol. The molecule has 0 bridgehead atoms. The molecule has 2 N–H and O–H groups in total. The van der Waals surface area contributed by atoms with E-state index in [1.807, 2.05) is 67.6 Å². The molecule has 0 radical (unpaired) electrons. The van der Waals surface area contributed by atoms with E-state index < -0.39 is 17.9 Å². The number of aliphatic carboxylic acids is 1. The zero-order chi connectivity index (χ0) is 17.4. The summed E-state index contributed by atoms with van der Waals surface area (Å²) in [6.45, 7) is 2.00. The number of carboxylic acid groups (broad SMARTS) is 1. The fourth-order valence-electron chi connectivity index (χ4n) is 2.71. The van der Waals surface area contributed by atoms with Gasteiger partial charge in [-0.25, -0.2) is 4.79 Å². The van der Waals surface area contributed by atoms with E-state index in [2.05, 4.69) is 5.32 Å². The topological polar surface area (TPSA) is 66.4 Å². The first-order valence-corrected chi connectivity index (χ1v) is 8.26. The molecule has 0 unspecified atom stereocenters. The van der Waals surface area contributed by atoms with Crippen molar-refractivity contribution in [3.05, 3.63) is 71.8 Å². The monoisotopic (exact) mass is 325 g/mol. The molecule has 0 aliphatic carbocycles. The maximum Gasteiger partial charge on any atom is 0.326 e. The van der Waals surface area contributed by atoms with Gasteiger partial charge in [-0.1, -0.05) is 80.4 Å². The number of hydrogen-bond donors (Lipinski definition) is 2. The van der Waals surface area contributed by atoms with Crippen molar-refractivity contribution in [3.8, 4) is 0 Å². The number of carboxylic acids is 1. The Labute approximate surface area is 142 Å². The summed E-state index contributed by atoms with van der Waals surface area (Å²) in [4.78, 5) is 24.3. The lowest BCUT2D eigenvalue weighted by Gasteiger charge is -2.21. The van der Waals surface area contributed by atoms with Gasteiger partial charge in [-0.05, 0) is 17.5 Å². The van der Waals surface area contributed by atoms with Gasteiger partial charge in [0.1, 0.15) is 6.04 Å². The lowest BCUT2D eigenvalue weighted by Crippen LogP contribution is -2.43. The van der Waals surface area contributed by atoms with Crippen LogP contribution in [-0.4, -0.2) is 23.0 Å². The standard InChI is InChI=1S/C20H23NO3/c1-2-3-14-17(20(23)24)21-19(22)18(15-10-6-4-7-11-15)16-12-8-5-9-13-16/h4-13,17-18H,2-3,14H2,1H3,(H,21,22)(H,23,24)/t17-/m0/s1. The summed E-state index contributed by atoms with van der Waals surface area (Å²) in [7, 11) is 0. The highest BCUT2D eigenvalue weighted by Gasteiger charge is 2.27. The molecule has 0 fully saturated rings. The molecular weight excluding hydrogens is 302 g/mol. The van der Waals surface area contributed by atoms with Crippen molar-refractivity contribution in [3.63, 3.8) is 0 Å². The quantitative estimate of drug-likeness (QED) is 0.779. The highest BCUT2D eigenvalue weighted by molar-refractivity contribution is 5.90. The van der Waals surface area contributed by atoms with Gasteiger partial charge in [-0.15, -0.1) is 0 Å². The normalized spacial score (nSPS) is 11.9. The van der Waals surface area contributed by atoms with Crippen LogP contribution in [0.1, 0.15) is 43.2 Å². The Hall–Kier alpha value is -2.62. The van der Waals surface area contributed by atoms with Crippen LogP contribution in [0.25, 0.3) is 0 Å². The molecule has 2 aromatic carbocycles. The first-order chi connectivity index (χ1) is 11.6. The van der Waals surface area contributed by atoms with Gasteiger partial charge in [-0.2, -0.15) is 0 Å². The summed E-state index contributed by atoms with van der Waals surface area (Å²) in [5.41, 5.74) is 1.70. The molecular formula is C20H23NO3. The number of amides is 1. The van der Waals surface area contributed by atoms with Gasteiger partial charge in [-0.3, -0.25) is 4.79 Å². The van der Waals surface area contributed by atoms with Crippen LogP contribution in [0, 0.1) is 0 Å². The van der Waals surface area contributed by atoms with Crippen LogP contribution in [0.3, 0.4) is 0 Å². The first kappa shape index (κ1) is 17.7. The summed E-state index contributed by atoms with van der Waals surface area (Å²) in [5.74, 6) is -1.79. The van der Waals surface area contributed by atoms with Gasteiger partial charge in [0.25, 0.3) is 0 Å². The number of nitrogens with one attached hydrogen (secondary N) is 1. The summed E-state index contributed by atoms with van der Waals surface area (Å²) in [6, 6.07) is 18.0. The number of carbonyl (C=O) groups excluding carboxylic acids is 1. The third kappa shape index (κ3) is 4.69. The SMILES string of the molecule is CCCC[C@H](NC(=O)C(c1ccccc1)c1ccccc1)C(=O)O. The van der Waals surface area contributed by atoms with Crippen molar-refractivity contribution in [2.24, 2.45) is 0 Å². The smallest absolute Gasteiger partial charge is 0.326 e. The number of benzene rings is 2. The molecule has 0 saturated heterocycles. The van der Waals surface area contributed by atoms with Gasteiger partial charge in [0, 0.05) is 0 Å². The van der Waals surface area contributed by atoms with E-state index in [1.54, 1.807) is 0 Å². The van der Waals surface area contributed by atoms with E-state index in [0.717, 1.165) is 24.0 Å². The van der Waals surface area contributed by atoms with Crippen LogP contribution in [0.15, 0.2) is 60.7 Å². The Morgan fingerprint density at radius 3 is 1.88 bits per heavy atom. The molecule has 1 amide bonds. The maximum absolute atomic E-state index is 12.8. The number of rotatable bonds is 8. The second kappa shape index (κ2) is 8.87. The number of unbranched alkanes of at least 4 members (excludes halogenated alkanes) is 1. The predicted octanol–water partition coefficient (Wildman–Crippen LogP) is 3.58. The van der Waals surface area contributed by atoms with E-state index in [0.29, 0.717) is 6.42 Å². The molecule has 24 heavy (non-hydrogen) atoms. The number of carbonyl (C=O) groups is 2. The van der Waals surface area contributed by atoms with Crippen molar-refractivity contribution < 1.29 is 14.7 Å². The molecule has 4 heteroatoms. The van der Waals surface area contributed by atoms with E-state index in [1.165, 1.54) is 0 Å². The zero-order valence-electron chi connectivity index (χ0n) is 13.8. The van der Waals surface area contributed by atoms with E-state index >= 15 is 0 Å². The fourth-order valence-corrected chi connectivity index (χ4v) is 2.71. The third-order valence-corrected chi connectivity index (χ3v) is 3.99. The molecule has 0 aliphatic rings. The summed E-state index contributed by atoms with van der Waals surface area (Å²) in [6.07, 6.45) is 2.09. The van der Waals surface area contributed by atoms with Crippen molar-refractivity contribution in [2.45, 2.75) is 38.1 Å². The van der Waals surface area contributed by atoms with E-state index in [9.17, 15) is 14.7 Å². The molecule has 0 spiro atoms. The summed E-state index contributed by atoms with van der Waals surface area (Å²) >= 11 is 0. The highest BCUT2D eigenvalue weighted by Crippen LogP contribution is 2.25. The summed E-state index contributed by atoms with van der Waals surface area (Å²) in [5, 5.41) is 12.1. The van der Waals surface area contributed by atoms with Gasteiger partial charge in [0.15, 0.2) is 0 Å². The maximum atomic E-state index is 12.8. The van der Waals surface area contributed by atoms with Gasteiger partial charge in [0.2, 0.25) is 5.91 Å². The van der Waals surface area contributed by atoms with Crippen molar-refractivity contribution >= 4 is 11.9 Å². The first-order valence-electron chi connectivity index (χ1n) is 8.26. The molecule has 126 valence electrons. The molecule has 1 atom stereocenters. The average molecular weight is 325 g/mol. The lowest BCUT2D eigenvalue weighted by molar-refractivity contribution is -0.142. The van der Waals surface area contributed by atoms with Gasteiger partial charge < -0.3 is 10.4 Å². The van der Waals surface area contributed by atoms with Crippen LogP contribution in [0.5, 0.6) is 0 Å². The van der Waals surface area contributed by atoms with E-state index in [4.69, 9.17) is 0 Å². The number of hydrogen-bond acceptors (Lipinski definition) is 2. The molecule has 0 heterocycles. The van der Waals surface area contributed by atoms with Crippen molar-refractivity contribution in [1.29, 1.82) is 0 Å². The Kier molecular flexibility index (Phi) is 6.55. The second-order valence-electron chi connectivity index (χ2n) is 5.80. The molecule has 4 nitrogen and oxygen atoms in total. The molecule has 0 aromatic heterocycles. The minimum absolute atomic E-state index is 0.282. The zero-order valence-corrected chi connectivity index (χ0v) is 13.8. The Morgan fingerprint density at radius 2 is 1.46 bits per heavy atom. The van der Waals surface area contributed by atoms with Crippen LogP contribution in [0.4, 0.5) is 0 Å².